The summed E-state index contributed by atoms with van der Waals surface area (Å²) in [6.45, 7) is 0.736. The number of aliphatic hydroxyl groups is 2. The molecule has 0 saturated carbocycles. The number of rotatable bonds is 5. The Labute approximate surface area is 55.3 Å². The van der Waals surface area contributed by atoms with Gasteiger partial charge >= 0.3 is 0 Å². The van der Waals surface area contributed by atoms with Crippen molar-refractivity contribution in [3.8, 4) is 0 Å². The molecule has 0 amide bonds. The van der Waals surface area contributed by atoms with Crippen molar-refractivity contribution in [1.29, 1.82) is 0 Å². The van der Waals surface area contributed by atoms with Gasteiger partial charge in [-0.05, 0) is 6.42 Å². The van der Waals surface area contributed by atoms with Crippen LogP contribution in [0.25, 0.3) is 0 Å². The van der Waals surface area contributed by atoms with Crippen LogP contribution in [-0.4, -0.2) is 37.1 Å². The average molecular weight is 134 g/mol. The molecule has 0 bridgehead atoms. The van der Waals surface area contributed by atoms with Crippen molar-refractivity contribution in [2.45, 2.75) is 6.42 Å². The maximum Gasteiger partial charge on any atom is 0.0513 e. The van der Waals surface area contributed by atoms with Crippen molar-refractivity contribution in [3.05, 3.63) is 0 Å². The molecule has 0 heterocycles. The summed E-state index contributed by atoms with van der Waals surface area (Å²) in [7, 11) is 1.58. The van der Waals surface area contributed by atoms with Gasteiger partial charge in [-0.1, -0.05) is 0 Å². The number of ether oxygens (including phenoxy) is 1. The summed E-state index contributed by atoms with van der Waals surface area (Å²) in [5.41, 5.74) is 0. The number of methoxy groups -OCH3 is 1. The Balaban J connectivity index is 3.18. The fourth-order valence-electron chi connectivity index (χ4n) is 0.646. The highest BCUT2D eigenvalue weighted by atomic mass is 16.5. The zero-order valence-corrected chi connectivity index (χ0v) is 5.71. The van der Waals surface area contributed by atoms with Crippen LogP contribution in [0.5, 0.6) is 0 Å². The molecule has 0 fully saturated rings. The van der Waals surface area contributed by atoms with E-state index in [1.807, 2.05) is 0 Å². The molecule has 3 heteroatoms. The highest BCUT2D eigenvalue weighted by Gasteiger charge is 2.04. The largest absolute Gasteiger partial charge is 0.396 e. The van der Waals surface area contributed by atoms with Crippen LogP contribution in [-0.2, 0) is 4.74 Å². The normalized spacial score (nSPS) is 13.7. The van der Waals surface area contributed by atoms with Gasteiger partial charge in [-0.3, -0.25) is 0 Å². The van der Waals surface area contributed by atoms with Crippen molar-refractivity contribution < 1.29 is 14.9 Å². The summed E-state index contributed by atoms with van der Waals surface area (Å²) >= 11 is 0. The Morgan fingerprint density at radius 3 is 2.44 bits per heavy atom. The van der Waals surface area contributed by atoms with E-state index in [0.29, 0.717) is 13.0 Å². The number of hydrogen-bond acceptors (Lipinski definition) is 3. The van der Waals surface area contributed by atoms with E-state index in [2.05, 4.69) is 0 Å². The molecule has 2 N–H and O–H groups in total. The number of hydrogen-bond donors (Lipinski definition) is 2. The minimum Gasteiger partial charge on any atom is -0.396 e. The molecule has 0 aliphatic carbocycles. The molecule has 56 valence electrons. The van der Waals surface area contributed by atoms with Gasteiger partial charge < -0.3 is 14.9 Å². The van der Waals surface area contributed by atoms with Gasteiger partial charge in [0, 0.05) is 26.2 Å². The molecule has 9 heavy (non-hydrogen) atoms. The fourth-order valence-corrected chi connectivity index (χ4v) is 0.646. The van der Waals surface area contributed by atoms with Gasteiger partial charge in [0.25, 0.3) is 0 Å². The van der Waals surface area contributed by atoms with Crippen LogP contribution in [0.1, 0.15) is 6.42 Å². The summed E-state index contributed by atoms with van der Waals surface area (Å²) < 4.78 is 4.78. The topological polar surface area (TPSA) is 49.7 Å². The second kappa shape index (κ2) is 6.01. The monoisotopic (exact) mass is 134 g/mol. The molecule has 0 aromatic carbocycles. The Bertz CT molecular complexity index is 50.3. The van der Waals surface area contributed by atoms with Gasteiger partial charge in [0.2, 0.25) is 0 Å². The predicted octanol–water partition coefficient (Wildman–Crippen LogP) is -0.376. The van der Waals surface area contributed by atoms with E-state index in [9.17, 15) is 0 Å². The second-order valence-electron chi connectivity index (χ2n) is 2.02. The average Bonchev–Trinajstić information content (AvgIpc) is 1.88. The molecular weight excluding hydrogens is 120 g/mol. The third kappa shape index (κ3) is 4.39. The van der Waals surface area contributed by atoms with Crippen LogP contribution >= 0.6 is 0 Å². The third-order valence-electron chi connectivity index (χ3n) is 1.20. The molecule has 0 aromatic rings. The second-order valence-corrected chi connectivity index (χ2v) is 2.02. The third-order valence-corrected chi connectivity index (χ3v) is 1.20. The van der Waals surface area contributed by atoms with Crippen LogP contribution in [0, 0.1) is 5.92 Å². The minimum absolute atomic E-state index is 0.0917. The van der Waals surface area contributed by atoms with Crippen molar-refractivity contribution in [3.63, 3.8) is 0 Å². The molecule has 0 aliphatic heterocycles. The van der Waals surface area contributed by atoms with Gasteiger partial charge in [0.15, 0.2) is 0 Å². The van der Waals surface area contributed by atoms with E-state index in [-0.39, 0.29) is 19.1 Å². The molecule has 0 rings (SSSR count). The molecule has 1 atom stereocenters. The Kier molecular flexibility index (Phi) is 5.93. The first-order chi connectivity index (χ1) is 4.35. The fraction of sp³-hybridized carbons (Fsp3) is 1.00. The maximum absolute atomic E-state index is 8.60. The van der Waals surface area contributed by atoms with E-state index in [0.717, 1.165) is 0 Å². The molecule has 0 saturated heterocycles. The molecule has 0 spiro atoms. The lowest BCUT2D eigenvalue weighted by atomic mass is 10.1. The summed E-state index contributed by atoms with van der Waals surface area (Å²) in [5, 5.41) is 17.0. The van der Waals surface area contributed by atoms with Gasteiger partial charge in [-0.15, -0.1) is 0 Å². The zero-order valence-electron chi connectivity index (χ0n) is 5.71. The highest BCUT2D eigenvalue weighted by molar-refractivity contribution is 4.53. The lowest BCUT2D eigenvalue weighted by Crippen LogP contribution is -2.13. The van der Waals surface area contributed by atoms with E-state index in [4.69, 9.17) is 14.9 Å². The van der Waals surface area contributed by atoms with Crippen molar-refractivity contribution >= 4 is 0 Å². The molecule has 0 radical (unpaired) electrons. The van der Waals surface area contributed by atoms with Crippen LogP contribution in [0.4, 0.5) is 0 Å². The summed E-state index contributed by atoms with van der Waals surface area (Å²) in [6.07, 6.45) is 0.615. The predicted molar refractivity (Wildman–Crippen MR) is 34.2 cm³/mol. The SMILES string of the molecule is COCC(CO)CCO. The minimum atomic E-state index is 0.0917. The van der Waals surface area contributed by atoms with Gasteiger partial charge in [-0.25, -0.2) is 0 Å². The van der Waals surface area contributed by atoms with Crippen molar-refractivity contribution in [1.82, 2.24) is 0 Å². The Morgan fingerprint density at radius 1 is 1.44 bits per heavy atom. The van der Waals surface area contributed by atoms with Gasteiger partial charge in [-0.2, -0.15) is 0 Å². The van der Waals surface area contributed by atoms with E-state index in [1.54, 1.807) is 7.11 Å². The van der Waals surface area contributed by atoms with Gasteiger partial charge in [0.1, 0.15) is 0 Å². The van der Waals surface area contributed by atoms with E-state index >= 15 is 0 Å². The van der Waals surface area contributed by atoms with Gasteiger partial charge in [0.05, 0.1) is 6.61 Å². The van der Waals surface area contributed by atoms with Crippen LogP contribution in [0.2, 0.25) is 0 Å². The van der Waals surface area contributed by atoms with Crippen molar-refractivity contribution in [2.75, 3.05) is 26.9 Å². The molecule has 0 aromatic heterocycles. The Morgan fingerprint density at radius 2 is 2.11 bits per heavy atom. The zero-order chi connectivity index (χ0) is 7.11. The molecule has 3 nitrogen and oxygen atoms in total. The lowest BCUT2D eigenvalue weighted by Gasteiger charge is -2.09. The van der Waals surface area contributed by atoms with E-state index < -0.39 is 0 Å². The summed E-state index contributed by atoms with van der Waals surface area (Å²) in [5.74, 6) is 0.0972. The first-order valence-corrected chi connectivity index (χ1v) is 3.05. The number of aliphatic hydroxyl groups excluding tert-OH is 2. The quantitative estimate of drug-likeness (QED) is 0.539. The Hall–Kier alpha value is -0.120. The molecule has 1 unspecified atom stereocenters. The summed E-state index contributed by atoms with van der Waals surface area (Å²) in [6, 6.07) is 0. The maximum atomic E-state index is 8.60. The smallest absolute Gasteiger partial charge is 0.0513 e. The summed E-state index contributed by atoms with van der Waals surface area (Å²) in [4.78, 5) is 0. The van der Waals surface area contributed by atoms with E-state index in [1.165, 1.54) is 0 Å². The van der Waals surface area contributed by atoms with Crippen LogP contribution in [0.3, 0.4) is 0 Å². The standard InChI is InChI=1S/C6H14O3/c1-9-5-6(4-8)2-3-7/h6-8H,2-5H2,1H3. The first kappa shape index (κ1) is 8.88. The lowest BCUT2D eigenvalue weighted by molar-refractivity contribution is 0.0923. The molecule has 0 aliphatic rings. The van der Waals surface area contributed by atoms with Crippen LogP contribution in [0.15, 0.2) is 0 Å². The van der Waals surface area contributed by atoms with Crippen LogP contribution < -0.4 is 0 Å². The first-order valence-electron chi connectivity index (χ1n) is 3.05. The van der Waals surface area contributed by atoms with Crippen molar-refractivity contribution in [2.24, 2.45) is 5.92 Å². The highest BCUT2D eigenvalue weighted by Crippen LogP contribution is 1.99. The molecular formula is C6H14O3.